The molecule has 1 atom stereocenters. The van der Waals surface area contributed by atoms with Crippen molar-refractivity contribution in [2.45, 2.75) is 25.8 Å². The van der Waals surface area contributed by atoms with Crippen molar-refractivity contribution in [3.63, 3.8) is 0 Å². The lowest BCUT2D eigenvalue weighted by atomic mass is 10.1. The number of benzene rings is 1. The van der Waals surface area contributed by atoms with E-state index in [-0.39, 0.29) is 5.91 Å². The van der Waals surface area contributed by atoms with Crippen LogP contribution in [0.5, 0.6) is 0 Å². The fourth-order valence-corrected chi connectivity index (χ4v) is 2.87. The van der Waals surface area contributed by atoms with Gasteiger partial charge < -0.3 is 10.2 Å². The maximum atomic E-state index is 12.6. The van der Waals surface area contributed by atoms with Crippen molar-refractivity contribution in [1.82, 2.24) is 9.88 Å². The number of amides is 1. The van der Waals surface area contributed by atoms with E-state index in [4.69, 9.17) is 0 Å². The van der Waals surface area contributed by atoms with E-state index < -0.39 is 0 Å². The van der Waals surface area contributed by atoms with E-state index in [1.807, 2.05) is 42.3 Å². The van der Waals surface area contributed by atoms with Gasteiger partial charge in [0.15, 0.2) is 0 Å². The predicted molar refractivity (Wildman–Crippen MR) is 81.0 cm³/mol. The van der Waals surface area contributed by atoms with Crippen LogP contribution in [-0.4, -0.2) is 35.4 Å². The molecule has 3 rings (SSSR count). The highest BCUT2D eigenvalue weighted by atomic mass is 16.2. The topological polar surface area (TPSA) is 45.2 Å². The lowest BCUT2D eigenvalue weighted by Gasteiger charge is -2.21. The van der Waals surface area contributed by atoms with Gasteiger partial charge in [-0.3, -0.25) is 4.79 Å². The number of rotatable bonds is 2. The van der Waals surface area contributed by atoms with Crippen LogP contribution in [0.3, 0.4) is 0 Å². The molecule has 2 heterocycles. The normalized spacial score (nSPS) is 18.5. The van der Waals surface area contributed by atoms with Crippen molar-refractivity contribution in [2.75, 3.05) is 18.9 Å². The van der Waals surface area contributed by atoms with E-state index in [2.05, 4.69) is 17.2 Å². The molecule has 4 heteroatoms. The number of aromatic nitrogens is 1. The second-order valence-electron chi connectivity index (χ2n) is 5.31. The summed E-state index contributed by atoms with van der Waals surface area (Å²) in [6.45, 7) is 2.94. The molecule has 1 aromatic carbocycles. The summed E-state index contributed by atoms with van der Waals surface area (Å²) in [6.07, 6.45) is 2.16. The van der Waals surface area contributed by atoms with Crippen molar-refractivity contribution >= 4 is 22.5 Å². The Bertz CT molecular complexity index is 653. The number of anilines is 1. The number of carbonyl (C=O) groups is 1. The number of pyridine rings is 1. The Hall–Kier alpha value is -2.10. The summed E-state index contributed by atoms with van der Waals surface area (Å²) in [6, 6.07) is 10.1. The number of nitrogens with zero attached hydrogens (tertiary/aromatic N) is 2. The van der Waals surface area contributed by atoms with Crippen LogP contribution in [0.4, 0.5) is 5.69 Å². The Morgan fingerprint density at radius 3 is 2.90 bits per heavy atom. The summed E-state index contributed by atoms with van der Waals surface area (Å²) >= 11 is 0. The zero-order valence-electron chi connectivity index (χ0n) is 11.9. The standard InChI is InChI=1S/C16H19N3O/c1-11-6-5-9-19(11)16(20)15-10-14(17-2)12-7-3-4-8-13(12)18-15/h3-4,7-8,10-11H,5-6,9H2,1-2H3,(H,17,18). The van der Waals surface area contributed by atoms with Crippen LogP contribution < -0.4 is 5.32 Å². The molecule has 20 heavy (non-hydrogen) atoms. The van der Waals surface area contributed by atoms with E-state index in [1.54, 1.807) is 0 Å². The third-order valence-corrected chi connectivity index (χ3v) is 4.02. The van der Waals surface area contributed by atoms with Crippen LogP contribution in [0.2, 0.25) is 0 Å². The van der Waals surface area contributed by atoms with Gasteiger partial charge in [0.25, 0.3) is 5.91 Å². The van der Waals surface area contributed by atoms with Gasteiger partial charge in [0.2, 0.25) is 0 Å². The third kappa shape index (κ3) is 2.11. The zero-order chi connectivity index (χ0) is 14.1. The summed E-state index contributed by atoms with van der Waals surface area (Å²) in [5.41, 5.74) is 2.34. The van der Waals surface area contributed by atoms with Gasteiger partial charge in [0.05, 0.1) is 5.52 Å². The minimum Gasteiger partial charge on any atom is -0.388 e. The molecule has 2 aromatic rings. The molecule has 1 aliphatic heterocycles. The third-order valence-electron chi connectivity index (χ3n) is 4.02. The monoisotopic (exact) mass is 269 g/mol. The molecule has 1 saturated heterocycles. The molecule has 1 aliphatic rings. The lowest BCUT2D eigenvalue weighted by molar-refractivity contribution is 0.0742. The van der Waals surface area contributed by atoms with Crippen LogP contribution in [0.1, 0.15) is 30.3 Å². The number of likely N-dealkylation sites (tertiary alicyclic amines) is 1. The maximum Gasteiger partial charge on any atom is 0.272 e. The molecule has 1 amide bonds. The van der Waals surface area contributed by atoms with Crippen molar-refractivity contribution < 1.29 is 4.79 Å². The number of nitrogens with one attached hydrogen (secondary N) is 1. The maximum absolute atomic E-state index is 12.6. The van der Waals surface area contributed by atoms with Crippen molar-refractivity contribution in [3.8, 4) is 0 Å². The fraction of sp³-hybridized carbons (Fsp3) is 0.375. The number of carbonyl (C=O) groups excluding carboxylic acids is 1. The largest absolute Gasteiger partial charge is 0.388 e. The first-order valence-corrected chi connectivity index (χ1v) is 7.09. The Morgan fingerprint density at radius 1 is 1.40 bits per heavy atom. The van der Waals surface area contributed by atoms with Crippen LogP contribution in [0.25, 0.3) is 10.9 Å². The minimum atomic E-state index is 0.0391. The lowest BCUT2D eigenvalue weighted by Crippen LogP contribution is -2.34. The van der Waals surface area contributed by atoms with Crippen LogP contribution in [0, 0.1) is 0 Å². The molecule has 0 bridgehead atoms. The van der Waals surface area contributed by atoms with E-state index in [0.29, 0.717) is 11.7 Å². The van der Waals surface area contributed by atoms with Crippen LogP contribution in [0.15, 0.2) is 30.3 Å². The van der Waals surface area contributed by atoms with Gasteiger partial charge in [0.1, 0.15) is 5.69 Å². The number of fused-ring (bicyclic) bond motifs is 1. The summed E-state index contributed by atoms with van der Waals surface area (Å²) in [4.78, 5) is 19.1. The average molecular weight is 269 g/mol. The summed E-state index contributed by atoms with van der Waals surface area (Å²) in [7, 11) is 1.87. The van der Waals surface area contributed by atoms with Crippen molar-refractivity contribution in [3.05, 3.63) is 36.0 Å². The Balaban J connectivity index is 2.05. The van der Waals surface area contributed by atoms with Gasteiger partial charge >= 0.3 is 0 Å². The summed E-state index contributed by atoms with van der Waals surface area (Å²) in [5.74, 6) is 0.0391. The highest BCUT2D eigenvalue weighted by Gasteiger charge is 2.27. The minimum absolute atomic E-state index is 0.0391. The molecule has 1 N–H and O–H groups in total. The Labute approximate surface area is 118 Å². The van der Waals surface area contributed by atoms with Crippen molar-refractivity contribution in [2.24, 2.45) is 0 Å². The Kier molecular flexibility index (Phi) is 3.30. The molecule has 104 valence electrons. The first-order chi connectivity index (χ1) is 9.70. The van der Waals surface area contributed by atoms with Gasteiger partial charge in [-0.05, 0) is 31.9 Å². The fourth-order valence-electron chi connectivity index (χ4n) is 2.87. The molecule has 1 unspecified atom stereocenters. The second kappa shape index (κ2) is 5.12. The molecule has 4 nitrogen and oxygen atoms in total. The molecule has 1 fully saturated rings. The first kappa shape index (κ1) is 12.9. The molecule has 1 aromatic heterocycles. The second-order valence-corrected chi connectivity index (χ2v) is 5.31. The molecular formula is C16H19N3O. The number of hydrogen-bond donors (Lipinski definition) is 1. The van der Waals surface area contributed by atoms with Gasteiger partial charge in [-0.2, -0.15) is 0 Å². The summed E-state index contributed by atoms with van der Waals surface area (Å²) in [5, 5.41) is 4.20. The molecule has 0 spiro atoms. The zero-order valence-corrected chi connectivity index (χ0v) is 11.9. The summed E-state index contributed by atoms with van der Waals surface area (Å²) < 4.78 is 0. The molecule has 0 saturated carbocycles. The molecule has 0 radical (unpaired) electrons. The number of para-hydroxylation sites is 1. The molecule has 0 aliphatic carbocycles. The smallest absolute Gasteiger partial charge is 0.272 e. The average Bonchev–Trinajstić information content (AvgIpc) is 2.91. The van der Waals surface area contributed by atoms with E-state index in [1.165, 1.54) is 0 Å². The van der Waals surface area contributed by atoms with Gasteiger partial charge in [-0.1, -0.05) is 18.2 Å². The highest BCUT2D eigenvalue weighted by molar-refractivity contribution is 5.99. The predicted octanol–water partition coefficient (Wildman–Crippen LogP) is 2.90. The van der Waals surface area contributed by atoms with E-state index in [0.717, 1.165) is 36.0 Å². The van der Waals surface area contributed by atoms with E-state index >= 15 is 0 Å². The van der Waals surface area contributed by atoms with E-state index in [9.17, 15) is 4.79 Å². The van der Waals surface area contributed by atoms with Crippen molar-refractivity contribution in [1.29, 1.82) is 0 Å². The number of hydrogen-bond acceptors (Lipinski definition) is 3. The molecular weight excluding hydrogens is 250 g/mol. The van der Waals surface area contributed by atoms with Crippen LogP contribution in [-0.2, 0) is 0 Å². The van der Waals surface area contributed by atoms with Gasteiger partial charge in [-0.15, -0.1) is 0 Å². The van der Waals surface area contributed by atoms with Gasteiger partial charge in [-0.25, -0.2) is 4.98 Å². The highest BCUT2D eigenvalue weighted by Crippen LogP contribution is 2.25. The SMILES string of the molecule is CNc1cc(C(=O)N2CCCC2C)nc2ccccc12. The Morgan fingerprint density at radius 2 is 2.20 bits per heavy atom. The van der Waals surface area contributed by atoms with Crippen LogP contribution >= 0.6 is 0 Å². The quantitative estimate of drug-likeness (QED) is 0.911. The first-order valence-electron chi connectivity index (χ1n) is 7.09. The van der Waals surface area contributed by atoms with Gasteiger partial charge in [0, 0.05) is 30.7 Å².